The Morgan fingerprint density at radius 2 is 1.96 bits per heavy atom. The molecular weight excluding hydrogens is 327 g/mol. The van der Waals surface area contributed by atoms with Crippen LogP contribution in [0.2, 0.25) is 0 Å². The summed E-state index contributed by atoms with van der Waals surface area (Å²) in [5.74, 6) is -0.640. The molecule has 0 bridgehead atoms. The highest BCUT2D eigenvalue weighted by Crippen LogP contribution is 2.27. The van der Waals surface area contributed by atoms with Crippen LogP contribution in [0.5, 0.6) is 5.88 Å². The maximum Gasteiger partial charge on any atom is 0.282 e. The first-order chi connectivity index (χ1) is 12.1. The van der Waals surface area contributed by atoms with Crippen molar-refractivity contribution in [1.29, 1.82) is 0 Å². The van der Waals surface area contributed by atoms with E-state index in [4.69, 9.17) is 9.94 Å². The van der Waals surface area contributed by atoms with Crippen molar-refractivity contribution in [2.75, 3.05) is 12.4 Å². The van der Waals surface area contributed by atoms with Crippen LogP contribution in [0.3, 0.4) is 0 Å². The number of carbonyl (C=O) groups excluding carboxylic acids is 1. The average molecular weight is 342 g/mol. The molecule has 1 aromatic carbocycles. The standard InChI is InChI=1S/C17H15FN4O3/c1-25-14-7-6-12-13(8-9-19-16(12)21-14)20-11-4-2-10(3-5-11)15(18)17(23)22-24/h2-9,15,24H,1H3,(H,22,23)(H,19,20,21). The average Bonchev–Trinajstić information content (AvgIpc) is 2.67. The zero-order valence-corrected chi connectivity index (χ0v) is 13.2. The number of hydroxylamine groups is 1. The molecule has 3 N–H and O–H groups in total. The first-order valence-corrected chi connectivity index (χ1v) is 7.37. The molecule has 25 heavy (non-hydrogen) atoms. The highest BCUT2D eigenvalue weighted by molar-refractivity contribution is 5.91. The van der Waals surface area contributed by atoms with E-state index in [-0.39, 0.29) is 5.56 Å². The number of aromatic nitrogens is 2. The summed E-state index contributed by atoms with van der Waals surface area (Å²) in [6.07, 6.45) is -0.313. The summed E-state index contributed by atoms with van der Waals surface area (Å²) >= 11 is 0. The summed E-state index contributed by atoms with van der Waals surface area (Å²) in [5.41, 5.74) is 3.44. The number of halogens is 1. The predicted octanol–water partition coefficient (Wildman–Crippen LogP) is 2.90. The molecule has 3 rings (SSSR count). The van der Waals surface area contributed by atoms with E-state index >= 15 is 0 Å². The monoisotopic (exact) mass is 342 g/mol. The van der Waals surface area contributed by atoms with Crippen LogP contribution >= 0.6 is 0 Å². The molecule has 1 atom stereocenters. The van der Waals surface area contributed by atoms with Gasteiger partial charge in [-0.1, -0.05) is 12.1 Å². The Kier molecular flexibility index (Phi) is 4.71. The van der Waals surface area contributed by atoms with Crippen LogP contribution in [0.4, 0.5) is 15.8 Å². The Labute approximate surface area is 142 Å². The number of carbonyl (C=O) groups is 1. The van der Waals surface area contributed by atoms with Gasteiger partial charge in [0.05, 0.1) is 12.8 Å². The zero-order chi connectivity index (χ0) is 17.8. The molecule has 0 radical (unpaired) electrons. The number of anilines is 2. The second-order valence-corrected chi connectivity index (χ2v) is 5.17. The van der Waals surface area contributed by atoms with Gasteiger partial charge in [-0.3, -0.25) is 10.0 Å². The molecule has 0 saturated heterocycles. The van der Waals surface area contributed by atoms with Gasteiger partial charge in [0.15, 0.2) is 5.65 Å². The third-order valence-electron chi connectivity index (χ3n) is 3.61. The van der Waals surface area contributed by atoms with E-state index in [2.05, 4.69) is 15.3 Å². The lowest BCUT2D eigenvalue weighted by molar-refractivity contribution is -0.134. The minimum absolute atomic E-state index is 0.142. The molecule has 2 heterocycles. The number of fused-ring (bicyclic) bond motifs is 1. The molecule has 0 spiro atoms. The largest absolute Gasteiger partial charge is 0.481 e. The van der Waals surface area contributed by atoms with Gasteiger partial charge in [0.25, 0.3) is 5.91 Å². The number of alkyl halides is 1. The third kappa shape index (κ3) is 3.48. The number of nitrogens with one attached hydrogen (secondary N) is 2. The summed E-state index contributed by atoms with van der Waals surface area (Å²) in [4.78, 5) is 19.6. The fourth-order valence-corrected chi connectivity index (χ4v) is 2.33. The van der Waals surface area contributed by atoms with E-state index in [1.807, 2.05) is 6.07 Å². The minimum atomic E-state index is -1.93. The Hall–Kier alpha value is -3.26. The number of amides is 1. The summed E-state index contributed by atoms with van der Waals surface area (Å²) in [6, 6.07) is 11.6. The molecular formula is C17H15FN4O3. The minimum Gasteiger partial charge on any atom is -0.481 e. The molecule has 1 unspecified atom stereocenters. The van der Waals surface area contributed by atoms with Crippen molar-refractivity contribution in [1.82, 2.24) is 15.4 Å². The van der Waals surface area contributed by atoms with E-state index in [0.29, 0.717) is 17.2 Å². The van der Waals surface area contributed by atoms with Crippen LogP contribution in [0.15, 0.2) is 48.7 Å². The quantitative estimate of drug-likeness (QED) is 0.487. The highest BCUT2D eigenvalue weighted by atomic mass is 19.1. The number of hydrogen-bond donors (Lipinski definition) is 3. The maximum absolute atomic E-state index is 13.7. The first-order valence-electron chi connectivity index (χ1n) is 7.37. The van der Waals surface area contributed by atoms with Crippen LogP contribution < -0.4 is 15.5 Å². The van der Waals surface area contributed by atoms with Gasteiger partial charge in [-0.2, -0.15) is 4.98 Å². The fourth-order valence-electron chi connectivity index (χ4n) is 2.33. The molecule has 7 nitrogen and oxygen atoms in total. The number of nitrogens with zero attached hydrogens (tertiary/aromatic N) is 2. The van der Waals surface area contributed by atoms with Crippen molar-refractivity contribution in [3.63, 3.8) is 0 Å². The second-order valence-electron chi connectivity index (χ2n) is 5.17. The second kappa shape index (κ2) is 7.10. The molecule has 0 aliphatic carbocycles. The van der Waals surface area contributed by atoms with Gasteiger partial charge in [0.1, 0.15) is 0 Å². The number of methoxy groups -OCH3 is 1. The highest BCUT2D eigenvalue weighted by Gasteiger charge is 2.18. The fraction of sp³-hybridized carbons (Fsp3) is 0.118. The lowest BCUT2D eigenvalue weighted by Crippen LogP contribution is -2.23. The van der Waals surface area contributed by atoms with E-state index in [1.54, 1.807) is 30.5 Å². The van der Waals surface area contributed by atoms with Gasteiger partial charge in [-0.15, -0.1) is 0 Å². The molecule has 0 aliphatic rings. The van der Waals surface area contributed by atoms with Crippen molar-refractivity contribution in [3.8, 4) is 5.88 Å². The molecule has 0 saturated carbocycles. The predicted molar refractivity (Wildman–Crippen MR) is 89.6 cm³/mol. The van der Waals surface area contributed by atoms with E-state index in [1.165, 1.54) is 24.7 Å². The van der Waals surface area contributed by atoms with Crippen molar-refractivity contribution < 1.29 is 19.1 Å². The first kappa shape index (κ1) is 16.6. The molecule has 0 aliphatic heterocycles. The van der Waals surface area contributed by atoms with Gasteiger partial charge < -0.3 is 10.1 Å². The maximum atomic E-state index is 13.7. The number of hydrogen-bond acceptors (Lipinski definition) is 6. The van der Waals surface area contributed by atoms with Gasteiger partial charge in [-0.05, 0) is 29.8 Å². The van der Waals surface area contributed by atoms with Crippen LogP contribution in [0.1, 0.15) is 11.7 Å². The number of benzene rings is 1. The van der Waals surface area contributed by atoms with Gasteiger partial charge in [-0.25, -0.2) is 14.9 Å². The summed E-state index contributed by atoms with van der Waals surface area (Å²) in [5, 5.41) is 12.5. The van der Waals surface area contributed by atoms with Gasteiger partial charge in [0.2, 0.25) is 12.1 Å². The van der Waals surface area contributed by atoms with Gasteiger partial charge >= 0.3 is 0 Å². The third-order valence-corrected chi connectivity index (χ3v) is 3.61. The summed E-state index contributed by atoms with van der Waals surface area (Å²) in [7, 11) is 1.53. The molecule has 2 aromatic heterocycles. The molecule has 1 amide bonds. The number of ether oxygens (including phenoxy) is 1. The molecule has 0 fully saturated rings. The summed E-state index contributed by atoms with van der Waals surface area (Å²) < 4.78 is 18.8. The van der Waals surface area contributed by atoms with Crippen LogP contribution in [0.25, 0.3) is 11.0 Å². The Bertz CT molecular complexity index is 902. The van der Waals surface area contributed by atoms with E-state index in [9.17, 15) is 9.18 Å². The Morgan fingerprint density at radius 1 is 1.20 bits per heavy atom. The molecule has 8 heteroatoms. The molecule has 128 valence electrons. The smallest absolute Gasteiger partial charge is 0.282 e. The van der Waals surface area contributed by atoms with Crippen LogP contribution in [-0.4, -0.2) is 28.2 Å². The summed E-state index contributed by atoms with van der Waals surface area (Å²) in [6.45, 7) is 0. The van der Waals surface area contributed by atoms with Crippen LogP contribution in [-0.2, 0) is 4.79 Å². The van der Waals surface area contributed by atoms with Crippen molar-refractivity contribution in [2.45, 2.75) is 6.17 Å². The zero-order valence-electron chi connectivity index (χ0n) is 13.2. The number of rotatable bonds is 5. The Balaban J connectivity index is 1.85. The van der Waals surface area contributed by atoms with E-state index in [0.717, 1.165) is 11.1 Å². The van der Waals surface area contributed by atoms with Crippen molar-refractivity contribution in [2.24, 2.45) is 0 Å². The van der Waals surface area contributed by atoms with Gasteiger partial charge in [0, 0.05) is 23.3 Å². The Morgan fingerprint density at radius 3 is 2.64 bits per heavy atom. The van der Waals surface area contributed by atoms with Crippen molar-refractivity contribution >= 4 is 28.3 Å². The topological polar surface area (TPSA) is 96.4 Å². The van der Waals surface area contributed by atoms with Crippen molar-refractivity contribution in [3.05, 3.63) is 54.2 Å². The van der Waals surface area contributed by atoms with Crippen LogP contribution in [0, 0.1) is 0 Å². The SMILES string of the molecule is COc1ccc2c(Nc3ccc(C(F)C(=O)NO)cc3)ccnc2n1. The lowest BCUT2D eigenvalue weighted by Gasteiger charge is -2.11. The lowest BCUT2D eigenvalue weighted by atomic mass is 10.1. The molecule has 3 aromatic rings. The normalized spacial score (nSPS) is 11.8. The number of pyridine rings is 2. The van der Waals surface area contributed by atoms with E-state index < -0.39 is 12.1 Å².